The Hall–Kier alpha value is -1.64. The molecule has 2 aliphatic rings. The molecule has 1 fully saturated rings. The highest BCUT2D eigenvalue weighted by molar-refractivity contribution is 6.76. The highest BCUT2D eigenvalue weighted by Crippen LogP contribution is 2.37. The highest BCUT2D eigenvalue weighted by atomic mass is 28.3. The molecule has 2 aromatic rings. The van der Waals surface area contributed by atoms with Crippen molar-refractivity contribution in [2.45, 2.75) is 38.5 Å². The Balaban J connectivity index is 1.59. The van der Waals surface area contributed by atoms with E-state index in [4.69, 9.17) is 9.47 Å². The summed E-state index contributed by atoms with van der Waals surface area (Å²) in [5.74, 6) is 1.86. The number of fused-ring (bicyclic) bond motifs is 2. The minimum atomic E-state index is -1.07. The summed E-state index contributed by atoms with van der Waals surface area (Å²) in [6.45, 7) is 11.9. The zero-order valence-electron chi connectivity index (χ0n) is 15.3. The van der Waals surface area contributed by atoms with Gasteiger partial charge in [0.25, 0.3) is 0 Å². The van der Waals surface area contributed by atoms with Crippen LogP contribution >= 0.6 is 0 Å². The molecule has 0 bridgehead atoms. The lowest BCUT2D eigenvalue weighted by Crippen LogP contribution is -2.53. The minimum absolute atomic E-state index is 0.320. The van der Waals surface area contributed by atoms with Crippen LogP contribution in [0.2, 0.25) is 25.7 Å². The zero-order valence-corrected chi connectivity index (χ0v) is 16.3. The number of aromatic nitrogens is 3. The van der Waals surface area contributed by atoms with E-state index in [1.807, 2.05) is 10.8 Å². The Morgan fingerprint density at radius 2 is 2.24 bits per heavy atom. The number of hydrogen-bond acceptors (Lipinski definition) is 6. The fraction of sp³-hybridized carbons (Fsp3) is 0.647. The third-order valence-corrected chi connectivity index (χ3v) is 6.58. The van der Waals surface area contributed by atoms with Crippen molar-refractivity contribution < 1.29 is 9.47 Å². The van der Waals surface area contributed by atoms with Gasteiger partial charge in [0.2, 0.25) is 0 Å². The average molecular weight is 362 g/mol. The molecule has 7 nitrogen and oxygen atoms in total. The topological polar surface area (TPSA) is 64.4 Å². The average Bonchev–Trinajstić information content (AvgIpc) is 2.86. The molecule has 0 spiro atoms. The Labute approximate surface area is 149 Å². The second kappa shape index (κ2) is 6.58. The van der Waals surface area contributed by atoms with Crippen molar-refractivity contribution in [2.75, 3.05) is 37.7 Å². The van der Waals surface area contributed by atoms with Gasteiger partial charge in [-0.2, -0.15) is 0 Å². The van der Waals surface area contributed by atoms with Crippen LogP contribution in [0.3, 0.4) is 0 Å². The molecule has 25 heavy (non-hydrogen) atoms. The number of nitrogens with zero attached hydrogens (tertiary/aromatic N) is 4. The maximum absolute atomic E-state index is 6.10. The van der Waals surface area contributed by atoms with E-state index < -0.39 is 8.07 Å². The Bertz CT molecular complexity index is 757. The van der Waals surface area contributed by atoms with Crippen LogP contribution < -0.4 is 15.0 Å². The first-order chi connectivity index (χ1) is 12.0. The van der Waals surface area contributed by atoms with Crippen LogP contribution in [0.1, 0.15) is 0 Å². The minimum Gasteiger partial charge on any atom is -0.489 e. The van der Waals surface area contributed by atoms with E-state index in [1.165, 1.54) is 0 Å². The maximum atomic E-state index is 6.10. The van der Waals surface area contributed by atoms with E-state index in [1.54, 1.807) is 6.33 Å². The smallest absolute Gasteiger partial charge is 0.151 e. The summed E-state index contributed by atoms with van der Waals surface area (Å²) in [6, 6.07) is 1.49. The first-order valence-electron chi connectivity index (χ1n) is 9.05. The van der Waals surface area contributed by atoms with Crippen LogP contribution in [0.4, 0.5) is 5.82 Å². The third kappa shape index (κ3) is 3.38. The summed E-state index contributed by atoms with van der Waals surface area (Å²) in [7, 11) is -1.07. The zero-order chi connectivity index (χ0) is 17.4. The molecule has 1 atom stereocenters. The lowest BCUT2D eigenvalue weighted by atomic mass is 10.2. The summed E-state index contributed by atoms with van der Waals surface area (Å²) in [5, 5.41) is 4.45. The second-order valence-electron chi connectivity index (χ2n) is 8.07. The number of rotatable bonds is 5. The maximum Gasteiger partial charge on any atom is 0.151 e. The molecule has 0 amide bonds. The lowest BCUT2D eigenvalue weighted by molar-refractivity contribution is 0.0894. The molecule has 2 aromatic heterocycles. The van der Waals surface area contributed by atoms with Crippen molar-refractivity contribution in [3.05, 3.63) is 12.5 Å². The van der Waals surface area contributed by atoms with E-state index in [9.17, 15) is 0 Å². The Morgan fingerprint density at radius 3 is 3.08 bits per heavy atom. The van der Waals surface area contributed by atoms with Crippen LogP contribution in [0.5, 0.6) is 5.75 Å². The van der Waals surface area contributed by atoms with Gasteiger partial charge in [-0.1, -0.05) is 19.6 Å². The first kappa shape index (κ1) is 16.8. The van der Waals surface area contributed by atoms with Gasteiger partial charge in [0.05, 0.1) is 12.2 Å². The number of hydrogen-bond donors (Lipinski definition) is 1. The van der Waals surface area contributed by atoms with E-state index in [-0.39, 0.29) is 0 Å². The lowest BCUT2D eigenvalue weighted by Gasteiger charge is -2.35. The number of ether oxygens (including phenoxy) is 2. The van der Waals surface area contributed by atoms with E-state index in [0.717, 1.165) is 54.9 Å². The van der Waals surface area contributed by atoms with Gasteiger partial charge in [0, 0.05) is 34.3 Å². The van der Waals surface area contributed by atoms with Crippen LogP contribution in [0.25, 0.3) is 11.0 Å². The molecule has 4 rings (SSSR count). The van der Waals surface area contributed by atoms with E-state index in [0.29, 0.717) is 19.4 Å². The van der Waals surface area contributed by atoms with Crippen LogP contribution in [0.15, 0.2) is 12.5 Å². The van der Waals surface area contributed by atoms with Crippen molar-refractivity contribution >= 4 is 24.9 Å². The predicted molar refractivity (Wildman–Crippen MR) is 101 cm³/mol. The van der Waals surface area contributed by atoms with Crippen LogP contribution in [-0.2, 0) is 11.5 Å². The van der Waals surface area contributed by atoms with Crippen molar-refractivity contribution in [1.82, 2.24) is 19.9 Å². The molecule has 0 saturated carbocycles. The van der Waals surface area contributed by atoms with E-state index >= 15 is 0 Å². The van der Waals surface area contributed by atoms with Crippen molar-refractivity contribution in [1.29, 1.82) is 0 Å². The van der Waals surface area contributed by atoms with Crippen LogP contribution in [-0.4, -0.2) is 61.5 Å². The molecule has 1 N–H and O–H groups in total. The molecule has 1 saturated heterocycles. The summed E-state index contributed by atoms with van der Waals surface area (Å²) in [4.78, 5) is 11.4. The molecule has 0 aromatic carbocycles. The molecule has 8 heteroatoms. The Morgan fingerprint density at radius 1 is 1.36 bits per heavy atom. The number of piperazine rings is 1. The van der Waals surface area contributed by atoms with Gasteiger partial charge >= 0.3 is 0 Å². The summed E-state index contributed by atoms with van der Waals surface area (Å²) in [6.07, 6.45) is 3.67. The molecule has 0 aliphatic carbocycles. The molecule has 1 unspecified atom stereocenters. The van der Waals surface area contributed by atoms with Gasteiger partial charge in [-0.05, 0) is 6.04 Å². The molecule has 4 heterocycles. The summed E-state index contributed by atoms with van der Waals surface area (Å²) in [5.41, 5.74) is 0.896. The van der Waals surface area contributed by atoms with Crippen molar-refractivity contribution in [3.8, 4) is 5.75 Å². The molecule has 136 valence electrons. The highest BCUT2D eigenvalue weighted by Gasteiger charge is 2.31. The first-order valence-corrected chi connectivity index (χ1v) is 12.8. The van der Waals surface area contributed by atoms with Gasteiger partial charge < -0.3 is 24.3 Å². The molecular formula is C17H27N5O2Si. The van der Waals surface area contributed by atoms with E-state index in [2.05, 4.69) is 39.8 Å². The summed E-state index contributed by atoms with van der Waals surface area (Å²) >= 11 is 0. The quantitative estimate of drug-likeness (QED) is 0.648. The van der Waals surface area contributed by atoms with Gasteiger partial charge in [0.15, 0.2) is 5.65 Å². The van der Waals surface area contributed by atoms with Crippen LogP contribution in [0, 0.1) is 0 Å². The third-order valence-electron chi connectivity index (χ3n) is 4.88. The van der Waals surface area contributed by atoms with Gasteiger partial charge in [-0.25, -0.2) is 9.97 Å². The normalized spacial score (nSPS) is 20.3. The standard InChI is InChI=1S/C17H27N5O2Si/c1-25(2,3)7-6-23-12-21-9-14-15-16(21)19-11-20-17(15)22-5-4-18-8-13(22)10-24-14/h9,11,13,18H,4-8,10,12H2,1-3H3. The second-order valence-corrected chi connectivity index (χ2v) is 13.7. The number of nitrogens with one attached hydrogen (secondary N) is 1. The summed E-state index contributed by atoms with van der Waals surface area (Å²) < 4.78 is 14.1. The number of anilines is 1. The monoisotopic (exact) mass is 361 g/mol. The largest absolute Gasteiger partial charge is 0.489 e. The van der Waals surface area contributed by atoms with Crippen molar-refractivity contribution in [2.24, 2.45) is 0 Å². The predicted octanol–water partition coefficient (Wildman–Crippen LogP) is 1.91. The molecule has 2 aliphatic heterocycles. The molecular weight excluding hydrogens is 334 g/mol. The fourth-order valence-electron chi connectivity index (χ4n) is 3.41. The fourth-order valence-corrected chi connectivity index (χ4v) is 4.17. The SMILES string of the molecule is C[Si](C)(C)CCOCn1cc2c3c(ncnc31)N1CCNCC1CO2. The Kier molecular flexibility index (Phi) is 4.43. The van der Waals surface area contributed by atoms with Gasteiger partial charge in [-0.3, -0.25) is 0 Å². The van der Waals surface area contributed by atoms with Gasteiger partial charge in [-0.15, -0.1) is 0 Å². The van der Waals surface area contributed by atoms with Gasteiger partial charge in [0.1, 0.15) is 36.6 Å². The molecule has 0 radical (unpaired) electrons. The van der Waals surface area contributed by atoms with Crippen molar-refractivity contribution in [3.63, 3.8) is 0 Å².